The van der Waals surface area contributed by atoms with Crippen LogP contribution in [0.15, 0.2) is 29.2 Å². The number of aromatic nitrogens is 1. The molecule has 0 radical (unpaired) electrons. The maximum atomic E-state index is 12.4. The van der Waals surface area contributed by atoms with Gasteiger partial charge in [0.1, 0.15) is 0 Å². The van der Waals surface area contributed by atoms with E-state index >= 15 is 0 Å². The number of anilines is 1. The van der Waals surface area contributed by atoms with Gasteiger partial charge < -0.3 is 10.3 Å². The average Bonchev–Trinajstić information content (AvgIpc) is 3.14. The van der Waals surface area contributed by atoms with Gasteiger partial charge in [-0.25, -0.2) is 13.6 Å². The molecular weight excluding hydrogens is 362 g/mol. The second-order valence-corrected chi connectivity index (χ2v) is 9.23. The van der Waals surface area contributed by atoms with E-state index in [1.165, 1.54) is 29.8 Å². The number of aryl methyl sites for hydroxylation is 1. The molecule has 0 spiro atoms. The van der Waals surface area contributed by atoms with Crippen molar-refractivity contribution >= 4 is 33.3 Å². The number of benzene rings is 1. The number of aromatic amines is 1. The maximum absolute atomic E-state index is 12.4. The van der Waals surface area contributed by atoms with Crippen LogP contribution >= 0.6 is 0 Å². The summed E-state index contributed by atoms with van der Waals surface area (Å²) >= 11 is 0. The highest BCUT2D eigenvalue weighted by molar-refractivity contribution is 7.89. The largest absolute Gasteiger partial charge is 0.359 e. The van der Waals surface area contributed by atoms with Crippen LogP contribution in [0.25, 0.3) is 11.6 Å². The van der Waals surface area contributed by atoms with Gasteiger partial charge in [-0.1, -0.05) is 13.8 Å². The van der Waals surface area contributed by atoms with Crippen molar-refractivity contribution in [3.05, 3.63) is 46.8 Å². The number of amides is 1. The van der Waals surface area contributed by atoms with Crippen LogP contribution in [0.2, 0.25) is 0 Å². The Morgan fingerprint density at radius 3 is 2.74 bits per heavy atom. The first-order chi connectivity index (χ1) is 12.7. The molecule has 1 amide bonds. The number of fused-ring (bicyclic) bond motifs is 2. The Morgan fingerprint density at radius 1 is 1.26 bits per heavy atom. The first kappa shape index (κ1) is 18.0. The van der Waals surface area contributed by atoms with Gasteiger partial charge in [0.15, 0.2) is 0 Å². The number of hydrogen-bond acceptors (Lipinski definition) is 3. The molecule has 1 aromatic heterocycles. The van der Waals surface area contributed by atoms with Crippen molar-refractivity contribution in [3.8, 4) is 0 Å². The Kier molecular flexibility index (Phi) is 4.24. The average molecular weight is 385 g/mol. The number of nitrogens with two attached hydrogens (primary N) is 1. The highest BCUT2D eigenvalue weighted by Crippen LogP contribution is 2.39. The molecule has 1 aromatic carbocycles. The summed E-state index contributed by atoms with van der Waals surface area (Å²) in [6.45, 7) is 4.47. The first-order valence-electron chi connectivity index (χ1n) is 9.16. The van der Waals surface area contributed by atoms with Gasteiger partial charge in [0.2, 0.25) is 10.0 Å². The van der Waals surface area contributed by atoms with Crippen molar-refractivity contribution in [1.82, 2.24) is 4.98 Å². The lowest BCUT2D eigenvalue weighted by Gasteiger charge is -2.25. The minimum Gasteiger partial charge on any atom is -0.359 e. The van der Waals surface area contributed by atoms with Crippen LogP contribution < -0.4 is 10.5 Å². The lowest BCUT2D eigenvalue weighted by atomic mass is 9.80. The van der Waals surface area contributed by atoms with E-state index in [1.807, 2.05) is 0 Å². The third-order valence-corrected chi connectivity index (χ3v) is 6.41. The van der Waals surface area contributed by atoms with Gasteiger partial charge in [-0.3, -0.25) is 4.79 Å². The van der Waals surface area contributed by atoms with Gasteiger partial charge in [0, 0.05) is 22.6 Å². The summed E-state index contributed by atoms with van der Waals surface area (Å²) in [6.07, 6.45) is 5.15. The Labute approximate surface area is 158 Å². The quantitative estimate of drug-likeness (QED) is 0.706. The maximum Gasteiger partial charge on any atom is 0.256 e. The van der Waals surface area contributed by atoms with Gasteiger partial charge in [-0.15, -0.1) is 0 Å². The fraction of sp³-hybridized carbons (Fsp3) is 0.350. The van der Waals surface area contributed by atoms with E-state index < -0.39 is 10.0 Å². The zero-order chi connectivity index (χ0) is 19.3. The van der Waals surface area contributed by atoms with Gasteiger partial charge in [0.25, 0.3) is 5.91 Å². The monoisotopic (exact) mass is 385 g/mol. The van der Waals surface area contributed by atoms with Crippen LogP contribution in [0.1, 0.15) is 55.1 Å². The summed E-state index contributed by atoms with van der Waals surface area (Å²) < 4.78 is 23.3. The molecule has 4 N–H and O–H groups in total. The molecule has 2 aromatic rings. The number of carbonyl (C=O) groups excluding carboxylic acids is 1. The number of rotatable bonds is 3. The fourth-order valence-electron chi connectivity index (χ4n) is 4.14. The second kappa shape index (κ2) is 6.35. The molecular formula is C20H23N3O3S. The van der Waals surface area contributed by atoms with Crippen molar-refractivity contribution in [2.75, 3.05) is 5.32 Å². The van der Waals surface area contributed by atoms with E-state index in [0.29, 0.717) is 28.7 Å². The predicted octanol–water partition coefficient (Wildman–Crippen LogP) is 3.23. The normalized spacial score (nSPS) is 20.7. The van der Waals surface area contributed by atoms with E-state index in [-0.39, 0.29) is 10.8 Å². The van der Waals surface area contributed by atoms with Crippen LogP contribution in [0.4, 0.5) is 5.69 Å². The van der Waals surface area contributed by atoms with Crippen LogP contribution in [0.3, 0.4) is 0 Å². The molecule has 1 aliphatic carbocycles. The minimum atomic E-state index is -3.83. The molecule has 1 unspecified atom stereocenters. The highest BCUT2D eigenvalue weighted by atomic mass is 32.2. The number of H-pyrrole nitrogens is 1. The molecule has 4 rings (SSSR count). The van der Waals surface area contributed by atoms with Crippen molar-refractivity contribution < 1.29 is 13.2 Å². The summed E-state index contributed by atoms with van der Waals surface area (Å²) in [6, 6.07) is 6.55. The lowest BCUT2D eigenvalue weighted by molar-refractivity contribution is -0.110. The summed E-state index contributed by atoms with van der Waals surface area (Å²) in [4.78, 5) is 15.9. The standard InChI is InChI=1S/C20H23N3O3S/c1-11(2)14-4-3-5-18-15(14)8-12(22-18)9-17-16-10-13(27(21,25)26)6-7-19(16)23-20(17)24/h6-11,14,22H,3-5H2,1-2H3,(H,23,24)(H2,21,25,26). The Morgan fingerprint density at radius 2 is 2.04 bits per heavy atom. The minimum absolute atomic E-state index is 0.00528. The summed E-state index contributed by atoms with van der Waals surface area (Å²) in [5, 5.41) is 8.01. The van der Waals surface area contributed by atoms with E-state index in [2.05, 4.69) is 30.2 Å². The molecule has 2 aliphatic rings. The molecule has 27 heavy (non-hydrogen) atoms. The number of hydrogen-bond donors (Lipinski definition) is 3. The van der Waals surface area contributed by atoms with Crippen LogP contribution in [-0.4, -0.2) is 19.3 Å². The molecule has 0 saturated heterocycles. The fourth-order valence-corrected chi connectivity index (χ4v) is 4.68. The number of primary sulfonamides is 1. The van der Waals surface area contributed by atoms with E-state index in [4.69, 9.17) is 5.14 Å². The van der Waals surface area contributed by atoms with Crippen molar-refractivity contribution in [2.45, 2.75) is 43.9 Å². The van der Waals surface area contributed by atoms with Crippen molar-refractivity contribution in [3.63, 3.8) is 0 Å². The Hall–Kier alpha value is -2.38. The molecule has 0 bridgehead atoms. The Bertz CT molecular complexity index is 1060. The predicted molar refractivity (Wildman–Crippen MR) is 106 cm³/mol. The third kappa shape index (κ3) is 3.21. The number of carbonyl (C=O) groups is 1. The Balaban J connectivity index is 1.77. The van der Waals surface area contributed by atoms with Crippen molar-refractivity contribution in [1.29, 1.82) is 0 Å². The van der Waals surface area contributed by atoms with Crippen LogP contribution in [0, 0.1) is 5.92 Å². The van der Waals surface area contributed by atoms with E-state index in [1.54, 1.807) is 12.1 Å². The molecule has 1 aliphatic heterocycles. The smallest absolute Gasteiger partial charge is 0.256 e. The zero-order valence-corrected chi connectivity index (χ0v) is 16.2. The topological polar surface area (TPSA) is 105 Å². The summed E-state index contributed by atoms with van der Waals surface area (Å²) in [7, 11) is -3.83. The van der Waals surface area contributed by atoms with E-state index in [9.17, 15) is 13.2 Å². The highest BCUT2D eigenvalue weighted by Gasteiger charge is 2.28. The summed E-state index contributed by atoms with van der Waals surface area (Å²) in [5.41, 5.74) is 5.03. The molecule has 6 nitrogen and oxygen atoms in total. The molecule has 2 heterocycles. The van der Waals surface area contributed by atoms with E-state index in [0.717, 1.165) is 18.5 Å². The third-order valence-electron chi connectivity index (χ3n) is 5.50. The van der Waals surface area contributed by atoms with Crippen LogP contribution in [0.5, 0.6) is 0 Å². The molecule has 142 valence electrons. The second-order valence-electron chi connectivity index (χ2n) is 7.67. The van der Waals surface area contributed by atoms with Gasteiger partial charge >= 0.3 is 0 Å². The zero-order valence-electron chi connectivity index (χ0n) is 15.4. The van der Waals surface area contributed by atoms with Gasteiger partial charge in [0.05, 0.1) is 10.5 Å². The van der Waals surface area contributed by atoms with Gasteiger partial charge in [-0.2, -0.15) is 0 Å². The molecule has 1 atom stereocenters. The number of sulfonamides is 1. The SMILES string of the molecule is CC(C)C1CCCc2[nH]c(C=C3C(=O)Nc4ccc(S(N)(=O)=O)cc43)cc21. The van der Waals surface area contributed by atoms with Crippen LogP contribution in [-0.2, 0) is 21.2 Å². The van der Waals surface area contributed by atoms with Crippen molar-refractivity contribution in [2.24, 2.45) is 11.1 Å². The lowest BCUT2D eigenvalue weighted by Crippen LogP contribution is -2.13. The van der Waals surface area contributed by atoms with Gasteiger partial charge in [-0.05, 0) is 67.0 Å². The summed E-state index contributed by atoms with van der Waals surface area (Å²) in [5.74, 6) is 0.841. The molecule has 7 heteroatoms. The molecule has 0 saturated carbocycles. The number of nitrogens with one attached hydrogen (secondary N) is 2. The first-order valence-corrected chi connectivity index (χ1v) is 10.7. The molecule has 0 fully saturated rings.